The lowest BCUT2D eigenvalue weighted by atomic mass is 9.98. The summed E-state index contributed by atoms with van der Waals surface area (Å²) in [5.74, 6) is 1.34. The molecule has 0 bridgehead atoms. The SMILES string of the molecule is CCCCCCOc1cccc(NC(=O)CNc2cccc(C(=O)N3CCC(C)CC3)c2)c1. The number of hydrogen-bond acceptors (Lipinski definition) is 4. The summed E-state index contributed by atoms with van der Waals surface area (Å²) in [5, 5.41) is 6.02. The van der Waals surface area contributed by atoms with Crippen molar-refractivity contribution in [2.45, 2.75) is 52.4 Å². The highest BCUT2D eigenvalue weighted by atomic mass is 16.5. The highest BCUT2D eigenvalue weighted by molar-refractivity contribution is 5.96. The molecule has 1 fully saturated rings. The molecule has 0 spiro atoms. The average molecular weight is 452 g/mol. The standard InChI is InChI=1S/C27H37N3O3/c1-3-4-5-6-17-33-25-12-8-11-24(19-25)29-26(31)20-28-23-10-7-9-22(18-23)27(32)30-15-13-21(2)14-16-30/h7-12,18-19,21,28H,3-6,13-17,20H2,1-2H3,(H,29,31). The van der Waals surface area contributed by atoms with Crippen LogP contribution in [0.1, 0.15) is 62.7 Å². The number of unbranched alkanes of at least 4 members (excludes halogenated alkanes) is 3. The molecular formula is C27H37N3O3. The summed E-state index contributed by atoms with van der Waals surface area (Å²) in [4.78, 5) is 27.2. The van der Waals surface area contributed by atoms with Gasteiger partial charge in [0.25, 0.3) is 5.91 Å². The van der Waals surface area contributed by atoms with Gasteiger partial charge in [0.1, 0.15) is 5.75 Å². The number of nitrogens with zero attached hydrogens (tertiary/aromatic N) is 1. The van der Waals surface area contributed by atoms with Gasteiger partial charge in [-0.25, -0.2) is 0 Å². The molecule has 6 heteroatoms. The second kappa shape index (κ2) is 12.9. The van der Waals surface area contributed by atoms with Gasteiger partial charge in [-0.1, -0.05) is 45.2 Å². The van der Waals surface area contributed by atoms with Crippen molar-refractivity contribution >= 4 is 23.2 Å². The van der Waals surface area contributed by atoms with Gasteiger partial charge in [0.2, 0.25) is 5.91 Å². The molecular weight excluding hydrogens is 414 g/mol. The second-order valence-electron chi connectivity index (χ2n) is 8.89. The molecule has 0 saturated carbocycles. The van der Waals surface area contributed by atoms with Gasteiger partial charge in [-0.15, -0.1) is 0 Å². The normalized spacial score (nSPS) is 14.1. The number of carbonyl (C=O) groups is 2. The van der Waals surface area contributed by atoms with Crippen LogP contribution in [0.2, 0.25) is 0 Å². The minimum atomic E-state index is -0.156. The lowest BCUT2D eigenvalue weighted by Gasteiger charge is -2.30. The maximum atomic E-state index is 12.8. The second-order valence-corrected chi connectivity index (χ2v) is 8.89. The molecule has 2 aromatic rings. The smallest absolute Gasteiger partial charge is 0.253 e. The first-order chi connectivity index (χ1) is 16.0. The molecule has 3 rings (SSSR count). The number of piperidine rings is 1. The highest BCUT2D eigenvalue weighted by Crippen LogP contribution is 2.20. The van der Waals surface area contributed by atoms with Crippen molar-refractivity contribution in [3.8, 4) is 5.75 Å². The minimum Gasteiger partial charge on any atom is -0.494 e. The third kappa shape index (κ3) is 8.12. The summed E-state index contributed by atoms with van der Waals surface area (Å²) >= 11 is 0. The quantitative estimate of drug-likeness (QED) is 0.438. The van der Waals surface area contributed by atoms with Crippen LogP contribution in [0, 0.1) is 5.92 Å². The molecule has 1 aliphatic heterocycles. The molecule has 33 heavy (non-hydrogen) atoms. The molecule has 0 aromatic heterocycles. The third-order valence-electron chi connectivity index (χ3n) is 6.02. The lowest BCUT2D eigenvalue weighted by molar-refractivity contribution is -0.114. The zero-order valence-electron chi connectivity index (χ0n) is 19.9. The summed E-state index contributed by atoms with van der Waals surface area (Å²) in [7, 11) is 0. The van der Waals surface area contributed by atoms with Gasteiger partial charge in [0, 0.05) is 36.1 Å². The monoisotopic (exact) mass is 451 g/mol. The van der Waals surface area contributed by atoms with Crippen LogP contribution in [0.4, 0.5) is 11.4 Å². The van der Waals surface area contributed by atoms with E-state index in [2.05, 4.69) is 24.5 Å². The Morgan fingerprint density at radius 3 is 2.55 bits per heavy atom. The Kier molecular flexibility index (Phi) is 9.60. The van der Waals surface area contributed by atoms with Gasteiger partial charge in [-0.05, 0) is 55.5 Å². The Balaban J connectivity index is 1.46. The summed E-state index contributed by atoms with van der Waals surface area (Å²) < 4.78 is 5.79. The fourth-order valence-electron chi connectivity index (χ4n) is 3.93. The topological polar surface area (TPSA) is 70.7 Å². The van der Waals surface area contributed by atoms with Crippen LogP contribution < -0.4 is 15.4 Å². The average Bonchev–Trinajstić information content (AvgIpc) is 2.83. The number of nitrogens with one attached hydrogen (secondary N) is 2. The van der Waals surface area contributed by atoms with Crippen LogP contribution in [0.15, 0.2) is 48.5 Å². The molecule has 178 valence electrons. The Labute approximate surface area is 197 Å². The van der Waals surface area contributed by atoms with Gasteiger partial charge in [0.15, 0.2) is 0 Å². The molecule has 6 nitrogen and oxygen atoms in total. The molecule has 0 radical (unpaired) electrons. The fraction of sp³-hybridized carbons (Fsp3) is 0.481. The number of carbonyl (C=O) groups excluding carboxylic acids is 2. The van der Waals surface area contributed by atoms with E-state index >= 15 is 0 Å². The van der Waals surface area contributed by atoms with E-state index in [9.17, 15) is 9.59 Å². The molecule has 1 heterocycles. The third-order valence-corrected chi connectivity index (χ3v) is 6.02. The van der Waals surface area contributed by atoms with Gasteiger partial charge in [0.05, 0.1) is 13.2 Å². The number of anilines is 2. The van der Waals surface area contributed by atoms with E-state index in [0.717, 1.165) is 43.8 Å². The van der Waals surface area contributed by atoms with Crippen LogP contribution in [0.3, 0.4) is 0 Å². The number of hydrogen-bond donors (Lipinski definition) is 2. The lowest BCUT2D eigenvalue weighted by Crippen LogP contribution is -2.37. The van der Waals surface area contributed by atoms with Crippen LogP contribution in [-0.4, -0.2) is 43.0 Å². The van der Waals surface area contributed by atoms with Crippen molar-refractivity contribution < 1.29 is 14.3 Å². The van der Waals surface area contributed by atoms with Gasteiger partial charge in [-0.3, -0.25) is 9.59 Å². The Morgan fingerprint density at radius 1 is 1.00 bits per heavy atom. The summed E-state index contributed by atoms with van der Waals surface area (Å²) in [6, 6.07) is 14.8. The molecule has 0 aliphatic carbocycles. The van der Waals surface area contributed by atoms with Gasteiger partial charge in [-0.2, -0.15) is 0 Å². The largest absolute Gasteiger partial charge is 0.494 e. The first kappa shape index (κ1) is 24.6. The van der Waals surface area contributed by atoms with Crippen molar-refractivity contribution in [2.75, 3.05) is 36.9 Å². The van der Waals surface area contributed by atoms with E-state index in [1.54, 1.807) is 0 Å². The predicted octanol–water partition coefficient (Wildman–Crippen LogP) is 5.57. The zero-order chi connectivity index (χ0) is 23.5. The Morgan fingerprint density at radius 2 is 1.76 bits per heavy atom. The number of ether oxygens (including phenoxy) is 1. The maximum Gasteiger partial charge on any atom is 0.253 e. The number of amides is 2. The first-order valence-corrected chi connectivity index (χ1v) is 12.2. The van der Waals surface area contributed by atoms with Gasteiger partial charge < -0.3 is 20.3 Å². The van der Waals surface area contributed by atoms with Crippen molar-refractivity contribution in [3.05, 3.63) is 54.1 Å². The van der Waals surface area contributed by atoms with Crippen molar-refractivity contribution in [1.29, 1.82) is 0 Å². The predicted molar refractivity (Wildman–Crippen MR) is 134 cm³/mol. The number of rotatable bonds is 11. The molecule has 0 atom stereocenters. The number of likely N-dealkylation sites (tertiary alicyclic amines) is 1. The van der Waals surface area contributed by atoms with Crippen LogP contribution >= 0.6 is 0 Å². The number of benzene rings is 2. The van der Waals surface area contributed by atoms with Crippen LogP contribution in [-0.2, 0) is 4.79 Å². The van der Waals surface area contributed by atoms with E-state index in [4.69, 9.17) is 4.74 Å². The van der Waals surface area contributed by atoms with E-state index in [1.165, 1.54) is 19.3 Å². The summed E-state index contributed by atoms with van der Waals surface area (Å²) in [6.45, 7) is 6.83. The zero-order valence-corrected chi connectivity index (χ0v) is 19.9. The van der Waals surface area contributed by atoms with Crippen molar-refractivity contribution in [3.63, 3.8) is 0 Å². The van der Waals surface area contributed by atoms with Crippen LogP contribution in [0.5, 0.6) is 5.75 Å². The highest BCUT2D eigenvalue weighted by Gasteiger charge is 2.21. The minimum absolute atomic E-state index is 0.0570. The molecule has 2 N–H and O–H groups in total. The van der Waals surface area contributed by atoms with E-state index in [-0.39, 0.29) is 18.4 Å². The maximum absolute atomic E-state index is 12.8. The van der Waals surface area contributed by atoms with E-state index in [1.807, 2.05) is 53.4 Å². The summed E-state index contributed by atoms with van der Waals surface area (Å²) in [5.41, 5.74) is 2.11. The molecule has 0 unspecified atom stereocenters. The van der Waals surface area contributed by atoms with Crippen molar-refractivity contribution in [2.24, 2.45) is 5.92 Å². The van der Waals surface area contributed by atoms with E-state index in [0.29, 0.717) is 23.8 Å². The van der Waals surface area contributed by atoms with Gasteiger partial charge >= 0.3 is 0 Å². The molecule has 2 amide bonds. The van der Waals surface area contributed by atoms with Crippen LogP contribution in [0.25, 0.3) is 0 Å². The molecule has 1 saturated heterocycles. The first-order valence-electron chi connectivity index (χ1n) is 12.2. The fourth-order valence-corrected chi connectivity index (χ4v) is 3.93. The molecule has 2 aromatic carbocycles. The molecule has 1 aliphatic rings. The van der Waals surface area contributed by atoms with E-state index < -0.39 is 0 Å². The summed E-state index contributed by atoms with van der Waals surface area (Å²) in [6.07, 6.45) is 6.73. The Bertz CT molecular complexity index is 907. The Hall–Kier alpha value is -3.02. The van der Waals surface area contributed by atoms with Crippen molar-refractivity contribution in [1.82, 2.24) is 4.90 Å².